The smallest absolute Gasteiger partial charge is 0.245 e. The molecule has 1 saturated heterocycles. The number of hydrogen-bond donors (Lipinski definition) is 0. The predicted octanol–water partition coefficient (Wildman–Crippen LogP) is 3.15. The summed E-state index contributed by atoms with van der Waals surface area (Å²) in [6.45, 7) is 14.0. The summed E-state index contributed by atoms with van der Waals surface area (Å²) < 4.78 is 0. The predicted molar refractivity (Wildman–Crippen MR) is 93.2 cm³/mol. The fourth-order valence-corrected chi connectivity index (χ4v) is 3.54. The molecule has 0 saturated carbocycles. The van der Waals surface area contributed by atoms with Crippen LogP contribution >= 0.6 is 12.2 Å². The fraction of sp³-hybridized carbons (Fsp3) is 0.588. The van der Waals surface area contributed by atoms with Crippen LogP contribution in [0.25, 0.3) is 0 Å². The summed E-state index contributed by atoms with van der Waals surface area (Å²) in [4.78, 5) is 29.2. The van der Waals surface area contributed by atoms with Crippen molar-refractivity contribution in [3.63, 3.8) is 0 Å². The van der Waals surface area contributed by atoms with Crippen LogP contribution in [-0.4, -0.2) is 39.8 Å². The molecule has 0 radical (unpaired) electrons. The molecule has 1 rings (SSSR count). The van der Waals surface area contributed by atoms with Crippen LogP contribution in [0.3, 0.4) is 0 Å². The van der Waals surface area contributed by atoms with Crippen LogP contribution in [0.4, 0.5) is 0 Å². The van der Waals surface area contributed by atoms with E-state index in [1.54, 1.807) is 12.2 Å². The van der Waals surface area contributed by atoms with Crippen LogP contribution in [-0.2, 0) is 9.59 Å². The molecule has 0 N–H and O–H groups in total. The average Bonchev–Trinajstić information content (AvgIpc) is 2.49. The molecule has 0 aliphatic carbocycles. The van der Waals surface area contributed by atoms with Crippen molar-refractivity contribution in [2.24, 2.45) is 11.3 Å². The molecule has 1 aliphatic rings. The van der Waals surface area contributed by atoms with Crippen molar-refractivity contribution in [1.82, 2.24) is 9.80 Å². The Hall–Kier alpha value is -1.49. The highest BCUT2D eigenvalue weighted by atomic mass is 32.1. The molecule has 2 amide bonds. The number of nitrogens with zero attached hydrogens (tertiary/aromatic N) is 2. The van der Waals surface area contributed by atoms with Crippen LogP contribution in [0.15, 0.2) is 25.3 Å². The van der Waals surface area contributed by atoms with Gasteiger partial charge in [-0.25, -0.2) is 0 Å². The Morgan fingerprint density at radius 3 is 1.91 bits per heavy atom. The Morgan fingerprint density at radius 2 is 1.59 bits per heavy atom. The molecule has 1 unspecified atom stereocenters. The quantitative estimate of drug-likeness (QED) is 0.391. The van der Waals surface area contributed by atoms with Gasteiger partial charge in [0.1, 0.15) is 5.41 Å². The van der Waals surface area contributed by atoms with Gasteiger partial charge in [-0.2, -0.15) is 0 Å². The standard InChI is InChI=1S/C17H26N2O2S/c1-6-10-13(5)17(9-4)14(20)18(11-7-2)16(22)19(12-8-3)15(17)21/h7-8,13H,2-3,6,9-12H2,1,4-5H3. The van der Waals surface area contributed by atoms with Crippen LogP contribution in [0.5, 0.6) is 0 Å². The molecule has 0 bridgehead atoms. The number of amides is 2. The lowest BCUT2D eigenvalue weighted by atomic mass is 9.69. The van der Waals surface area contributed by atoms with Gasteiger partial charge in [-0.1, -0.05) is 39.3 Å². The number of carbonyl (C=O) groups is 2. The molecule has 0 aromatic heterocycles. The molecular formula is C17H26N2O2S. The van der Waals surface area contributed by atoms with Crippen LogP contribution in [0, 0.1) is 11.3 Å². The Labute approximate surface area is 138 Å². The lowest BCUT2D eigenvalue weighted by Crippen LogP contribution is -2.66. The number of thiocarbonyl (C=S) groups is 1. The van der Waals surface area contributed by atoms with Gasteiger partial charge in [0.15, 0.2) is 5.11 Å². The molecule has 4 nitrogen and oxygen atoms in total. The van der Waals surface area contributed by atoms with Crippen molar-refractivity contribution in [2.45, 2.75) is 40.0 Å². The molecule has 122 valence electrons. The van der Waals surface area contributed by atoms with E-state index >= 15 is 0 Å². The van der Waals surface area contributed by atoms with Crippen molar-refractivity contribution in [1.29, 1.82) is 0 Å². The van der Waals surface area contributed by atoms with E-state index in [0.29, 0.717) is 19.5 Å². The summed E-state index contributed by atoms with van der Waals surface area (Å²) in [5.41, 5.74) is -1.04. The summed E-state index contributed by atoms with van der Waals surface area (Å²) in [6.07, 6.45) is 5.49. The van der Waals surface area contributed by atoms with Gasteiger partial charge in [0, 0.05) is 13.1 Å². The Kier molecular flexibility index (Phi) is 6.48. The third kappa shape index (κ3) is 2.86. The average molecular weight is 322 g/mol. The zero-order valence-corrected chi connectivity index (χ0v) is 14.6. The molecule has 0 spiro atoms. The van der Waals surface area contributed by atoms with Crippen molar-refractivity contribution in [2.75, 3.05) is 13.1 Å². The SMILES string of the molecule is C=CCN1C(=O)C(CC)(C(C)CCC)C(=O)N(CC=C)C1=S. The second kappa shape index (κ2) is 7.68. The highest BCUT2D eigenvalue weighted by molar-refractivity contribution is 7.80. The van der Waals surface area contributed by atoms with Crippen LogP contribution in [0.1, 0.15) is 40.0 Å². The van der Waals surface area contributed by atoms with Crippen molar-refractivity contribution < 1.29 is 9.59 Å². The minimum Gasteiger partial charge on any atom is -0.284 e. The van der Waals surface area contributed by atoms with E-state index in [2.05, 4.69) is 20.1 Å². The summed E-state index contributed by atoms with van der Waals surface area (Å²) >= 11 is 5.35. The first-order chi connectivity index (χ1) is 10.4. The van der Waals surface area contributed by atoms with E-state index in [4.69, 9.17) is 12.2 Å². The summed E-state index contributed by atoms with van der Waals surface area (Å²) in [5, 5.41) is 0.252. The first-order valence-corrected chi connectivity index (χ1v) is 8.22. The Bertz CT molecular complexity index is 455. The lowest BCUT2D eigenvalue weighted by Gasteiger charge is -2.47. The number of rotatable bonds is 8. The first-order valence-electron chi connectivity index (χ1n) is 7.81. The third-order valence-electron chi connectivity index (χ3n) is 4.46. The van der Waals surface area contributed by atoms with Crippen LogP contribution in [0.2, 0.25) is 0 Å². The molecule has 1 heterocycles. The Balaban J connectivity index is 3.40. The fourth-order valence-electron chi connectivity index (χ4n) is 3.22. The summed E-state index contributed by atoms with van der Waals surface area (Å²) in [6, 6.07) is 0. The van der Waals surface area contributed by atoms with Gasteiger partial charge in [0.05, 0.1) is 0 Å². The number of carbonyl (C=O) groups excluding carboxylic acids is 2. The summed E-state index contributed by atoms with van der Waals surface area (Å²) in [5.74, 6) is -0.414. The Morgan fingerprint density at radius 1 is 1.14 bits per heavy atom. The maximum atomic E-state index is 13.1. The van der Waals surface area contributed by atoms with Gasteiger partial charge in [-0.05, 0) is 31.0 Å². The van der Waals surface area contributed by atoms with Crippen molar-refractivity contribution in [3.8, 4) is 0 Å². The van der Waals surface area contributed by atoms with Gasteiger partial charge in [-0.15, -0.1) is 13.2 Å². The van der Waals surface area contributed by atoms with E-state index in [0.717, 1.165) is 12.8 Å². The topological polar surface area (TPSA) is 40.6 Å². The van der Waals surface area contributed by atoms with E-state index in [1.807, 2.05) is 13.8 Å². The van der Waals surface area contributed by atoms with Gasteiger partial charge >= 0.3 is 0 Å². The largest absolute Gasteiger partial charge is 0.284 e. The van der Waals surface area contributed by atoms with Gasteiger partial charge in [0.25, 0.3) is 0 Å². The maximum Gasteiger partial charge on any atom is 0.245 e. The zero-order valence-electron chi connectivity index (χ0n) is 13.8. The first kappa shape index (κ1) is 18.6. The minimum absolute atomic E-state index is 0.0368. The normalized spacial score (nSPS) is 19.3. The molecule has 5 heteroatoms. The van der Waals surface area contributed by atoms with E-state index in [-0.39, 0.29) is 22.8 Å². The van der Waals surface area contributed by atoms with E-state index < -0.39 is 5.41 Å². The molecule has 22 heavy (non-hydrogen) atoms. The van der Waals surface area contributed by atoms with E-state index in [1.165, 1.54) is 9.80 Å². The second-order valence-corrected chi connectivity index (χ2v) is 6.07. The molecule has 0 aromatic rings. The number of hydrogen-bond acceptors (Lipinski definition) is 3. The molecular weight excluding hydrogens is 296 g/mol. The third-order valence-corrected chi connectivity index (χ3v) is 4.90. The lowest BCUT2D eigenvalue weighted by molar-refractivity contribution is -0.160. The van der Waals surface area contributed by atoms with Gasteiger partial charge in [0.2, 0.25) is 11.8 Å². The second-order valence-electron chi connectivity index (χ2n) is 5.71. The molecule has 1 fully saturated rings. The van der Waals surface area contributed by atoms with Crippen molar-refractivity contribution >= 4 is 29.1 Å². The monoisotopic (exact) mass is 322 g/mol. The van der Waals surface area contributed by atoms with Gasteiger partial charge in [-0.3, -0.25) is 19.4 Å². The van der Waals surface area contributed by atoms with Crippen molar-refractivity contribution in [3.05, 3.63) is 25.3 Å². The van der Waals surface area contributed by atoms with E-state index in [9.17, 15) is 9.59 Å². The summed E-state index contributed by atoms with van der Waals surface area (Å²) in [7, 11) is 0. The molecule has 1 atom stereocenters. The van der Waals surface area contributed by atoms with Crippen LogP contribution < -0.4 is 0 Å². The highest BCUT2D eigenvalue weighted by Gasteiger charge is 2.56. The molecule has 0 aromatic carbocycles. The molecule has 1 aliphatic heterocycles. The zero-order chi connectivity index (χ0) is 16.9. The van der Waals surface area contributed by atoms with Gasteiger partial charge < -0.3 is 0 Å². The maximum absolute atomic E-state index is 13.1. The minimum atomic E-state index is -1.04. The highest BCUT2D eigenvalue weighted by Crippen LogP contribution is 2.41.